The third-order valence-corrected chi connectivity index (χ3v) is 2.96. The molecule has 0 radical (unpaired) electrons. The predicted molar refractivity (Wildman–Crippen MR) is 86.0 cm³/mol. The summed E-state index contributed by atoms with van der Waals surface area (Å²) in [6, 6.07) is 6.46. The Kier molecular flexibility index (Phi) is 7.10. The smallest absolute Gasteiger partial charge is 0.350 e. The van der Waals surface area contributed by atoms with E-state index in [0.29, 0.717) is 5.69 Å². The number of nitrogens with zero attached hydrogens (tertiary/aromatic N) is 1. The Bertz CT molecular complexity index is 663. The fourth-order valence-electron chi connectivity index (χ4n) is 1.57. The first-order valence-corrected chi connectivity index (χ1v) is 7.31. The molecule has 7 heteroatoms. The summed E-state index contributed by atoms with van der Waals surface area (Å²) >= 11 is 6.16. The van der Waals surface area contributed by atoms with E-state index in [1.165, 1.54) is 12.3 Å². The van der Waals surface area contributed by atoms with Gasteiger partial charge in [0.1, 0.15) is 6.07 Å². The average molecular weight is 337 g/mol. The molecule has 122 valence electrons. The van der Waals surface area contributed by atoms with Gasteiger partial charge < -0.3 is 14.8 Å². The summed E-state index contributed by atoms with van der Waals surface area (Å²) in [6.07, 6.45) is 0.903. The van der Waals surface area contributed by atoms with Crippen molar-refractivity contribution in [1.82, 2.24) is 0 Å². The summed E-state index contributed by atoms with van der Waals surface area (Å²) in [6.45, 7) is 5.26. The van der Waals surface area contributed by atoms with Crippen molar-refractivity contribution >= 4 is 29.2 Å². The zero-order chi connectivity index (χ0) is 17.4. The number of hydrogen-bond acceptors (Lipinski definition) is 6. The molecule has 6 nitrogen and oxygen atoms in total. The maximum absolute atomic E-state index is 11.9. The van der Waals surface area contributed by atoms with E-state index >= 15 is 0 Å². The lowest BCUT2D eigenvalue weighted by Crippen LogP contribution is -2.12. The highest BCUT2D eigenvalue weighted by atomic mass is 35.5. The van der Waals surface area contributed by atoms with Crippen LogP contribution in [0.4, 0.5) is 5.69 Å². The fourth-order valence-corrected chi connectivity index (χ4v) is 1.83. The summed E-state index contributed by atoms with van der Waals surface area (Å²) in [5, 5.41) is 11.8. The van der Waals surface area contributed by atoms with E-state index in [9.17, 15) is 9.59 Å². The van der Waals surface area contributed by atoms with Crippen LogP contribution < -0.4 is 5.32 Å². The van der Waals surface area contributed by atoms with Crippen LogP contribution in [0.3, 0.4) is 0 Å². The molecule has 0 aliphatic heterocycles. The number of carbonyl (C=O) groups excluding carboxylic acids is 2. The molecule has 0 fully saturated rings. The summed E-state index contributed by atoms with van der Waals surface area (Å²) in [5.41, 5.74) is 0.341. The SMILES string of the molecule is CCOC(=O)C(C#N)=CNc1cccc(C(=O)OC(C)C)c1Cl. The largest absolute Gasteiger partial charge is 0.462 e. The third kappa shape index (κ3) is 5.31. The number of anilines is 1. The lowest BCUT2D eigenvalue weighted by atomic mass is 10.2. The van der Waals surface area contributed by atoms with Gasteiger partial charge in [0.15, 0.2) is 5.57 Å². The molecule has 0 amide bonds. The van der Waals surface area contributed by atoms with Crippen LogP contribution in [0.1, 0.15) is 31.1 Å². The van der Waals surface area contributed by atoms with Gasteiger partial charge in [-0.3, -0.25) is 0 Å². The first-order valence-electron chi connectivity index (χ1n) is 6.94. The van der Waals surface area contributed by atoms with Crippen molar-refractivity contribution in [3.05, 3.63) is 40.6 Å². The summed E-state index contributed by atoms with van der Waals surface area (Å²) in [7, 11) is 0. The van der Waals surface area contributed by atoms with Crippen LogP contribution in [-0.4, -0.2) is 24.6 Å². The van der Waals surface area contributed by atoms with Crippen molar-refractivity contribution < 1.29 is 19.1 Å². The van der Waals surface area contributed by atoms with Gasteiger partial charge in [-0.1, -0.05) is 17.7 Å². The molecule has 0 aliphatic rings. The summed E-state index contributed by atoms with van der Waals surface area (Å²) in [5.74, 6) is -1.29. The fraction of sp³-hybridized carbons (Fsp3) is 0.312. The Hall–Kier alpha value is -2.52. The van der Waals surface area contributed by atoms with E-state index < -0.39 is 11.9 Å². The van der Waals surface area contributed by atoms with Crippen LogP contribution in [-0.2, 0) is 14.3 Å². The Balaban J connectivity index is 3.00. The molecule has 0 aliphatic carbocycles. The number of esters is 2. The maximum Gasteiger partial charge on any atom is 0.350 e. The van der Waals surface area contributed by atoms with Crippen LogP contribution in [0.2, 0.25) is 5.02 Å². The monoisotopic (exact) mass is 336 g/mol. The van der Waals surface area contributed by atoms with E-state index in [2.05, 4.69) is 5.32 Å². The topological polar surface area (TPSA) is 88.4 Å². The van der Waals surface area contributed by atoms with Gasteiger partial charge in [0.05, 0.1) is 29.0 Å². The molecule has 0 spiro atoms. The lowest BCUT2D eigenvalue weighted by molar-refractivity contribution is -0.138. The molecule has 23 heavy (non-hydrogen) atoms. The van der Waals surface area contributed by atoms with Crippen molar-refractivity contribution in [1.29, 1.82) is 5.26 Å². The molecule has 0 unspecified atom stereocenters. The van der Waals surface area contributed by atoms with Crippen molar-refractivity contribution in [2.24, 2.45) is 0 Å². The molecule has 1 N–H and O–H groups in total. The maximum atomic E-state index is 11.9. The minimum Gasteiger partial charge on any atom is -0.462 e. The van der Waals surface area contributed by atoms with Gasteiger partial charge in [-0.15, -0.1) is 0 Å². The minimum atomic E-state index is -0.742. The van der Waals surface area contributed by atoms with Crippen molar-refractivity contribution in [3.8, 4) is 6.07 Å². The second kappa shape index (κ2) is 8.81. The molecule has 0 saturated carbocycles. The number of halogens is 1. The van der Waals surface area contributed by atoms with Crippen molar-refractivity contribution in [3.63, 3.8) is 0 Å². The number of benzene rings is 1. The molecular weight excluding hydrogens is 320 g/mol. The van der Waals surface area contributed by atoms with Gasteiger partial charge in [-0.2, -0.15) is 5.26 Å². The van der Waals surface area contributed by atoms with Gasteiger partial charge in [-0.05, 0) is 32.9 Å². The molecule has 0 atom stereocenters. The Labute approximate surface area is 139 Å². The van der Waals surface area contributed by atoms with Gasteiger partial charge >= 0.3 is 11.9 Å². The van der Waals surface area contributed by atoms with Gasteiger partial charge in [0.2, 0.25) is 0 Å². The number of ether oxygens (including phenoxy) is 2. The van der Waals surface area contributed by atoms with Crippen molar-refractivity contribution in [2.45, 2.75) is 26.9 Å². The Morgan fingerprint density at radius 1 is 1.43 bits per heavy atom. The normalized spacial score (nSPS) is 10.9. The molecule has 1 rings (SSSR count). The van der Waals surface area contributed by atoms with E-state index in [1.807, 2.05) is 0 Å². The summed E-state index contributed by atoms with van der Waals surface area (Å²) < 4.78 is 9.84. The minimum absolute atomic E-state index is 0.135. The second-order valence-electron chi connectivity index (χ2n) is 4.66. The van der Waals surface area contributed by atoms with E-state index in [4.69, 9.17) is 26.3 Å². The van der Waals surface area contributed by atoms with Crippen LogP contribution in [0, 0.1) is 11.3 Å². The number of nitrogens with one attached hydrogen (secondary N) is 1. The molecule has 0 aromatic heterocycles. The number of hydrogen-bond donors (Lipinski definition) is 1. The highest BCUT2D eigenvalue weighted by molar-refractivity contribution is 6.36. The molecule has 0 heterocycles. The average Bonchev–Trinajstić information content (AvgIpc) is 2.48. The highest BCUT2D eigenvalue weighted by Crippen LogP contribution is 2.27. The molecule has 0 bridgehead atoms. The molecule has 0 saturated heterocycles. The van der Waals surface area contributed by atoms with Crippen molar-refractivity contribution in [2.75, 3.05) is 11.9 Å². The van der Waals surface area contributed by atoms with Crippen LogP contribution in [0.25, 0.3) is 0 Å². The van der Waals surface area contributed by atoms with Crippen LogP contribution in [0.5, 0.6) is 0 Å². The van der Waals surface area contributed by atoms with E-state index in [-0.39, 0.29) is 28.9 Å². The standard InChI is InChI=1S/C16H17ClN2O4/c1-4-22-15(20)11(8-18)9-19-13-7-5-6-12(14(13)17)16(21)23-10(2)3/h5-7,9-10,19H,4H2,1-3H3. The van der Waals surface area contributed by atoms with Gasteiger partial charge in [0.25, 0.3) is 0 Å². The number of rotatable bonds is 6. The number of nitriles is 1. The van der Waals surface area contributed by atoms with Crippen LogP contribution >= 0.6 is 11.6 Å². The van der Waals surface area contributed by atoms with Gasteiger partial charge in [0, 0.05) is 6.20 Å². The predicted octanol–water partition coefficient (Wildman–Crippen LogP) is 3.29. The molecule has 1 aromatic carbocycles. The first-order chi connectivity index (χ1) is 10.9. The second-order valence-corrected chi connectivity index (χ2v) is 5.03. The quantitative estimate of drug-likeness (QED) is 0.487. The Morgan fingerprint density at radius 3 is 2.70 bits per heavy atom. The molecule has 1 aromatic rings. The number of carbonyl (C=O) groups is 2. The van der Waals surface area contributed by atoms with Gasteiger partial charge in [-0.25, -0.2) is 9.59 Å². The third-order valence-electron chi connectivity index (χ3n) is 2.55. The zero-order valence-corrected chi connectivity index (χ0v) is 13.8. The first kappa shape index (κ1) is 18.5. The van der Waals surface area contributed by atoms with E-state index in [0.717, 1.165) is 0 Å². The molecular formula is C16H17ClN2O4. The van der Waals surface area contributed by atoms with E-state index in [1.54, 1.807) is 39.0 Å². The zero-order valence-electron chi connectivity index (χ0n) is 13.1. The Morgan fingerprint density at radius 2 is 2.13 bits per heavy atom. The van der Waals surface area contributed by atoms with Crippen LogP contribution in [0.15, 0.2) is 30.0 Å². The highest BCUT2D eigenvalue weighted by Gasteiger charge is 2.16. The summed E-state index contributed by atoms with van der Waals surface area (Å²) in [4.78, 5) is 23.5. The lowest BCUT2D eigenvalue weighted by Gasteiger charge is -2.11.